The number of aliphatic carboxylic acids is 1. The van der Waals surface area contributed by atoms with Gasteiger partial charge in [0, 0.05) is 0 Å². The van der Waals surface area contributed by atoms with Gasteiger partial charge in [0.25, 0.3) is 0 Å². The lowest BCUT2D eigenvalue weighted by atomic mass is 9.97. The predicted octanol–water partition coefficient (Wildman–Crippen LogP) is 2.31. The number of carboxylic acids is 1. The summed E-state index contributed by atoms with van der Waals surface area (Å²) in [6.07, 6.45) is 3.98. The average molecular weight is 275 g/mol. The number of hydrogen-bond acceptors (Lipinski definition) is 2. The van der Waals surface area contributed by atoms with Crippen LogP contribution >= 0.6 is 0 Å². The van der Waals surface area contributed by atoms with Crippen LogP contribution in [0.1, 0.15) is 43.7 Å². The van der Waals surface area contributed by atoms with Crippen molar-refractivity contribution < 1.29 is 14.7 Å². The van der Waals surface area contributed by atoms with E-state index in [9.17, 15) is 14.7 Å². The Morgan fingerprint density at radius 1 is 1.15 bits per heavy atom. The summed E-state index contributed by atoms with van der Waals surface area (Å²) in [6, 6.07) is 7.87. The number of hydrogen-bond donors (Lipinski definition) is 2. The zero-order valence-electron chi connectivity index (χ0n) is 11.8. The second kappa shape index (κ2) is 6.07. The van der Waals surface area contributed by atoms with E-state index in [0.29, 0.717) is 12.8 Å². The molecule has 1 aromatic carbocycles. The molecule has 2 rings (SSSR count). The van der Waals surface area contributed by atoms with Crippen LogP contribution in [-0.4, -0.2) is 22.5 Å². The Morgan fingerprint density at radius 3 is 2.20 bits per heavy atom. The smallest absolute Gasteiger partial charge is 0.329 e. The van der Waals surface area contributed by atoms with Gasteiger partial charge >= 0.3 is 5.97 Å². The van der Waals surface area contributed by atoms with Crippen LogP contribution in [0, 0.1) is 0 Å². The molecule has 0 saturated heterocycles. The first-order valence-electron chi connectivity index (χ1n) is 7.18. The van der Waals surface area contributed by atoms with Crippen molar-refractivity contribution in [3.8, 4) is 0 Å². The highest BCUT2D eigenvalue weighted by molar-refractivity contribution is 5.88. The fourth-order valence-corrected chi connectivity index (χ4v) is 2.76. The SMILES string of the molecule is CCc1ccc(CC(=O)NC2(C(=O)O)CCCC2)cc1. The number of amides is 1. The molecular weight excluding hydrogens is 254 g/mol. The van der Waals surface area contributed by atoms with Gasteiger partial charge in [0.1, 0.15) is 5.54 Å². The third-order valence-corrected chi connectivity index (χ3v) is 4.04. The maximum Gasteiger partial charge on any atom is 0.329 e. The van der Waals surface area contributed by atoms with E-state index in [1.807, 2.05) is 24.3 Å². The van der Waals surface area contributed by atoms with Crippen LogP contribution in [0.5, 0.6) is 0 Å². The third-order valence-electron chi connectivity index (χ3n) is 4.04. The van der Waals surface area contributed by atoms with Crippen molar-refractivity contribution in [3.05, 3.63) is 35.4 Å². The molecule has 108 valence electrons. The molecule has 1 fully saturated rings. The topological polar surface area (TPSA) is 66.4 Å². The van der Waals surface area contributed by atoms with Crippen molar-refractivity contribution >= 4 is 11.9 Å². The molecule has 0 radical (unpaired) electrons. The number of rotatable bonds is 5. The largest absolute Gasteiger partial charge is 0.480 e. The van der Waals surface area contributed by atoms with Gasteiger partial charge in [-0.25, -0.2) is 4.79 Å². The minimum absolute atomic E-state index is 0.210. The molecule has 4 heteroatoms. The van der Waals surface area contributed by atoms with Crippen LogP contribution in [0.15, 0.2) is 24.3 Å². The number of carbonyl (C=O) groups excluding carboxylic acids is 1. The van der Waals surface area contributed by atoms with Gasteiger partial charge in [-0.3, -0.25) is 4.79 Å². The molecule has 0 heterocycles. The lowest BCUT2D eigenvalue weighted by Gasteiger charge is -2.25. The second-order valence-electron chi connectivity index (χ2n) is 5.49. The number of carbonyl (C=O) groups is 2. The molecule has 1 amide bonds. The fraction of sp³-hybridized carbons (Fsp3) is 0.500. The molecule has 0 aliphatic heterocycles. The molecule has 0 unspecified atom stereocenters. The predicted molar refractivity (Wildman–Crippen MR) is 76.5 cm³/mol. The third kappa shape index (κ3) is 3.18. The molecule has 1 aliphatic carbocycles. The molecular formula is C16H21NO3. The van der Waals surface area contributed by atoms with E-state index in [1.165, 1.54) is 5.56 Å². The molecule has 4 nitrogen and oxygen atoms in total. The van der Waals surface area contributed by atoms with Crippen molar-refractivity contribution in [2.24, 2.45) is 0 Å². The van der Waals surface area contributed by atoms with Gasteiger partial charge in [-0.2, -0.15) is 0 Å². The Kier molecular flexibility index (Phi) is 4.42. The average Bonchev–Trinajstić information content (AvgIpc) is 2.89. The minimum Gasteiger partial charge on any atom is -0.480 e. The van der Waals surface area contributed by atoms with Crippen molar-refractivity contribution in [1.82, 2.24) is 5.32 Å². The Morgan fingerprint density at radius 2 is 1.70 bits per heavy atom. The Bertz CT molecular complexity index is 487. The zero-order chi connectivity index (χ0) is 14.6. The molecule has 1 aliphatic rings. The summed E-state index contributed by atoms with van der Waals surface area (Å²) in [4.78, 5) is 23.4. The highest BCUT2D eigenvalue weighted by atomic mass is 16.4. The van der Waals surface area contributed by atoms with Gasteiger partial charge in [0.2, 0.25) is 5.91 Å². The summed E-state index contributed by atoms with van der Waals surface area (Å²) in [5.41, 5.74) is 1.10. The van der Waals surface area contributed by atoms with E-state index >= 15 is 0 Å². The first-order valence-corrected chi connectivity index (χ1v) is 7.18. The maximum atomic E-state index is 12.1. The highest BCUT2D eigenvalue weighted by Crippen LogP contribution is 2.30. The summed E-state index contributed by atoms with van der Waals surface area (Å²) in [5.74, 6) is -1.12. The van der Waals surface area contributed by atoms with Gasteiger partial charge in [-0.15, -0.1) is 0 Å². The van der Waals surface area contributed by atoms with Crippen LogP contribution in [0.4, 0.5) is 0 Å². The van der Waals surface area contributed by atoms with Crippen LogP contribution in [0.2, 0.25) is 0 Å². The van der Waals surface area contributed by atoms with Crippen molar-refractivity contribution in [1.29, 1.82) is 0 Å². The van der Waals surface area contributed by atoms with Crippen molar-refractivity contribution in [3.63, 3.8) is 0 Å². The van der Waals surface area contributed by atoms with Gasteiger partial charge in [0.15, 0.2) is 0 Å². The van der Waals surface area contributed by atoms with E-state index in [0.717, 1.165) is 24.8 Å². The standard InChI is InChI=1S/C16H21NO3/c1-2-12-5-7-13(8-6-12)11-14(18)17-16(15(19)20)9-3-4-10-16/h5-8H,2-4,9-11H2,1H3,(H,17,18)(H,19,20). The van der Waals surface area contributed by atoms with E-state index < -0.39 is 11.5 Å². The number of nitrogens with one attached hydrogen (secondary N) is 1. The summed E-state index contributed by atoms with van der Waals surface area (Å²) >= 11 is 0. The quantitative estimate of drug-likeness (QED) is 0.866. The molecule has 20 heavy (non-hydrogen) atoms. The second-order valence-corrected chi connectivity index (χ2v) is 5.49. The first-order chi connectivity index (χ1) is 9.55. The molecule has 0 spiro atoms. The fourth-order valence-electron chi connectivity index (χ4n) is 2.76. The van der Waals surface area contributed by atoms with E-state index in [4.69, 9.17) is 0 Å². The van der Waals surface area contributed by atoms with Crippen LogP contribution in [0.3, 0.4) is 0 Å². The molecule has 0 bridgehead atoms. The summed E-state index contributed by atoms with van der Waals surface area (Å²) < 4.78 is 0. The molecule has 1 aromatic rings. The van der Waals surface area contributed by atoms with Crippen LogP contribution in [0.25, 0.3) is 0 Å². The number of carboxylic acid groups (broad SMARTS) is 1. The van der Waals surface area contributed by atoms with E-state index in [2.05, 4.69) is 12.2 Å². The van der Waals surface area contributed by atoms with Gasteiger partial charge in [0.05, 0.1) is 6.42 Å². The van der Waals surface area contributed by atoms with Crippen LogP contribution in [-0.2, 0) is 22.4 Å². The summed E-state index contributed by atoms with van der Waals surface area (Å²) in [7, 11) is 0. The normalized spacial score (nSPS) is 16.9. The van der Waals surface area contributed by atoms with Gasteiger partial charge in [-0.1, -0.05) is 44.0 Å². The first kappa shape index (κ1) is 14.6. The molecule has 2 N–H and O–H groups in total. The van der Waals surface area contributed by atoms with Gasteiger partial charge in [-0.05, 0) is 30.4 Å². The summed E-state index contributed by atoms with van der Waals surface area (Å²) in [5, 5.41) is 12.1. The Balaban J connectivity index is 1.99. The Labute approximate surface area is 119 Å². The highest BCUT2D eigenvalue weighted by Gasteiger charge is 2.42. The lowest BCUT2D eigenvalue weighted by molar-refractivity contribution is -0.147. The Hall–Kier alpha value is -1.84. The molecule has 0 aromatic heterocycles. The van der Waals surface area contributed by atoms with Crippen molar-refractivity contribution in [2.75, 3.05) is 0 Å². The summed E-state index contributed by atoms with van der Waals surface area (Å²) in [6.45, 7) is 2.08. The van der Waals surface area contributed by atoms with Crippen LogP contribution < -0.4 is 5.32 Å². The van der Waals surface area contributed by atoms with Gasteiger partial charge < -0.3 is 10.4 Å². The monoisotopic (exact) mass is 275 g/mol. The molecule has 1 saturated carbocycles. The van der Waals surface area contributed by atoms with Crippen molar-refractivity contribution in [2.45, 2.75) is 51.0 Å². The van der Waals surface area contributed by atoms with E-state index in [1.54, 1.807) is 0 Å². The molecule has 0 atom stereocenters. The minimum atomic E-state index is -1.04. The van der Waals surface area contributed by atoms with E-state index in [-0.39, 0.29) is 12.3 Å². The maximum absolute atomic E-state index is 12.1. The lowest BCUT2D eigenvalue weighted by Crippen LogP contribution is -2.52. The zero-order valence-corrected chi connectivity index (χ0v) is 11.8. The number of benzene rings is 1. The number of aryl methyl sites for hydroxylation is 1.